The van der Waals surface area contributed by atoms with Crippen LogP contribution in [0.1, 0.15) is 31.2 Å². The van der Waals surface area contributed by atoms with Gasteiger partial charge in [-0.05, 0) is 37.3 Å². The molecule has 0 unspecified atom stereocenters. The van der Waals surface area contributed by atoms with Gasteiger partial charge >= 0.3 is 5.97 Å². The molecule has 1 aromatic carbocycles. The molecular weight excluding hydrogens is 274 g/mol. The fourth-order valence-electron chi connectivity index (χ4n) is 4.13. The van der Waals surface area contributed by atoms with Gasteiger partial charge in [0.25, 0.3) is 0 Å². The molecule has 4 heteroatoms. The van der Waals surface area contributed by atoms with E-state index in [1.54, 1.807) is 0 Å². The Labute approximate surface area is 126 Å². The lowest BCUT2D eigenvalue weighted by Gasteiger charge is -2.41. The molecule has 0 amide bonds. The summed E-state index contributed by atoms with van der Waals surface area (Å²) in [6, 6.07) is 9.97. The van der Waals surface area contributed by atoms with Crippen LogP contribution < -0.4 is 5.32 Å². The second kappa shape index (κ2) is 6.15. The topological polar surface area (TPSA) is 49.3 Å². The summed E-state index contributed by atoms with van der Waals surface area (Å²) in [6.07, 6.45) is 5.51. The third kappa shape index (κ3) is 2.57. The molecule has 1 heterocycles. The molecule has 1 aliphatic carbocycles. The maximum atomic E-state index is 11.6. The number of carboxylic acids is 1. The molecule has 1 saturated carbocycles. The molecule has 3 nitrogen and oxygen atoms in total. The highest BCUT2D eigenvalue weighted by molar-refractivity contribution is 5.85. The number of rotatable bonds is 3. The fourth-order valence-corrected chi connectivity index (χ4v) is 4.13. The van der Waals surface area contributed by atoms with Crippen LogP contribution >= 0.6 is 12.4 Å². The minimum absolute atomic E-state index is 0. The molecule has 0 bridgehead atoms. The average Bonchev–Trinajstić information content (AvgIpc) is 2.78. The average molecular weight is 296 g/mol. The lowest BCUT2D eigenvalue weighted by Crippen LogP contribution is -2.47. The first-order valence-corrected chi connectivity index (χ1v) is 7.22. The van der Waals surface area contributed by atoms with E-state index in [1.807, 2.05) is 18.2 Å². The molecule has 110 valence electrons. The number of fused-ring (bicyclic) bond motifs is 1. The maximum absolute atomic E-state index is 11.6. The van der Waals surface area contributed by atoms with Crippen LogP contribution in [0.2, 0.25) is 0 Å². The Bertz CT molecular complexity index is 465. The molecule has 1 saturated heterocycles. The van der Waals surface area contributed by atoms with Gasteiger partial charge < -0.3 is 10.4 Å². The van der Waals surface area contributed by atoms with Crippen LogP contribution in [0.3, 0.4) is 0 Å². The van der Waals surface area contributed by atoms with Crippen LogP contribution in [0.25, 0.3) is 0 Å². The lowest BCUT2D eigenvalue weighted by molar-refractivity contribution is -0.143. The molecule has 2 aliphatic rings. The van der Waals surface area contributed by atoms with Gasteiger partial charge in [-0.15, -0.1) is 12.4 Å². The van der Waals surface area contributed by atoms with Crippen molar-refractivity contribution >= 4 is 18.4 Å². The number of hydrogen-bond donors (Lipinski definition) is 2. The SMILES string of the molecule is Cl.O=C(O)[C@@H]1NC[C@H]2CCCC[C@]21Cc1ccccc1. The second-order valence-electron chi connectivity index (χ2n) is 6.02. The molecule has 2 N–H and O–H groups in total. The Hall–Kier alpha value is -1.06. The molecule has 1 aromatic rings. The van der Waals surface area contributed by atoms with Gasteiger partial charge in [0.05, 0.1) is 0 Å². The van der Waals surface area contributed by atoms with Gasteiger partial charge in [-0.25, -0.2) is 0 Å². The maximum Gasteiger partial charge on any atom is 0.321 e. The van der Waals surface area contributed by atoms with Crippen molar-refractivity contribution in [3.8, 4) is 0 Å². The van der Waals surface area contributed by atoms with Crippen LogP contribution in [-0.4, -0.2) is 23.7 Å². The third-order valence-corrected chi connectivity index (χ3v) is 5.02. The van der Waals surface area contributed by atoms with Gasteiger partial charge in [-0.1, -0.05) is 43.2 Å². The summed E-state index contributed by atoms with van der Waals surface area (Å²) in [5, 5.41) is 12.8. The van der Waals surface area contributed by atoms with E-state index in [4.69, 9.17) is 0 Å². The summed E-state index contributed by atoms with van der Waals surface area (Å²) in [7, 11) is 0. The van der Waals surface area contributed by atoms with E-state index in [0.29, 0.717) is 5.92 Å². The first-order valence-electron chi connectivity index (χ1n) is 7.22. The van der Waals surface area contributed by atoms with Crippen molar-refractivity contribution in [1.82, 2.24) is 5.32 Å². The van der Waals surface area contributed by atoms with Crippen molar-refractivity contribution in [2.24, 2.45) is 11.3 Å². The van der Waals surface area contributed by atoms with Gasteiger partial charge in [-0.3, -0.25) is 4.79 Å². The van der Waals surface area contributed by atoms with Gasteiger partial charge in [0, 0.05) is 5.41 Å². The Balaban J connectivity index is 0.00000147. The molecule has 20 heavy (non-hydrogen) atoms. The van der Waals surface area contributed by atoms with Gasteiger partial charge in [-0.2, -0.15) is 0 Å². The summed E-state index contributed by atoms with van der Waals surface area (Å²) in [6.45, 7) is 0.865. The van der Waals surface area contributed by atoms with Crippen molar-refractivity contribution < 1.29 is 9.90 Å². The largest absolute Gasteiger partial charge is 0.480 e. The predicted molar refractivity (Wildman–Crippen MR) is 81.2 cm³/mol. The van der Waals surface area contributed by atoms with Crippen molar-refractivity contribution in [1.29, 1.82) is 0 Å². The highest BCUT2D eigenvalue weighted by Gasteiger charge is 2.53. The first kappa shape index (κ1) is 15.3. The van der Waals surface area contributed by atoms with Crippen LogP contribution in [-0.2, 0) is 11.2 Å². The number of carboxylic acid groups (broad SMARTS) is 1. The van der Waals surface area contributed by atoms with E-state index in [0.717, 1.165) is 25.8 Å². The number of halogens is 1. The quantitative estimate of drug-likeness (QED) is 0.901. The third-order valence-electron chi connectivity index (χ3n) is 5.02. The van der Waals surface area contributed by atoms with Gasteiger partial charge in [0.2, 0.25) is 0 Å². The number of carbonyl (C=O) groups is 1. The molecule has 0 radical (unpaired) electrons. The van der Waals surface area contributed by atoms with Crippen molar-refractivity contribution in [2.75, 3.05) is 6.54 Å². The molecule has 1 aliphatic heterocycles. The number of hydrogen-bond acceptors (Lipinski definition) is 2. The zero-order chi connectivity index (χ0) is 13.3. The molecule has 0 aromatic heterocycles. The summed E-state index contributed by atoms with van der Waals surface area (Å²) >= 11 is 0. The molecule has 3 rings (SSSR count). The Morgan fingerprint density at radius 1 is 1.30 bits per heavy atom. The monoisotopic (exact) mass is 295 g/mol. The minimum Gasteiger partial charge on any atom is -0.480 e. The highest BCUT2D eigenvalue weighted by Crippen LogP contribution is 2.49. The molecule has 2 fully saturated rings. The van der Waals surface area contributed by atoms with Crippen molar-refractivity contribution in [2.45, 2.75) is 38.1 Å². The molecular formula is C16H22ClNO2. The number of benzene rings is 1. The van der Waals surface area contributed by atoms with Crippen LogP contribution in [0.5, 0.6) is 0 Å². The zero-order valence-corrected chi connectivity index (χ0v) is 12.4. The first-order chi connectivity index (χ1) is 9.22. The summed E-state index contributed by atoms with van der Waals surface area (Å²) in [5.41, 5.74) is 1.19. The minimum atomic E-state index is -0.680. The summed E-state index contributed by atoms with van der Waals surface area (Å²) in [4.78, 5) is 11.6. The van der Waals surface area contributed by atoms with Crippen LogP contribution in [0.15, 0.2) is 30.3 Å². The molecule has 0 spiro atoms. The standard InChI is InChI=1S/C16H21NO2.ClH/c18-15(19)14-16(10-12-6-2-1-3-7-12)9-5-4-8-13(16)11-17-14;/h1-3,6-7,13-14,17H,4-5,8-11H2,(H,18,19);1H/t13-,14+,16+;/m1./s1. The summed E-state index contributed by atoms with van der Waals surface area (Å²) < 4.78 is 0. The van der Waals surface area contributed by atoms with E-state index >= 15 is 0 Å². The summed E-state index contributed by atoms with van der Waals surface area (Å²) in [5.74, 6) is -0.164. The van der Waals surface area contributed by atoms with Crippen LogP contribution in [0, 0.1) is 11.3 Å². The zero-order valence-electron chi connectivity index (χ0n) is 11.5. The Morgan fingerprint density at radius 3 is 2.75 bits per heavy atom. The Morgan fingerprint density at radius 2 is 2.05 bits per heavy atom. The van der Waals surface area contributed by atoms with E-state index in [9.17, 15) is 9.90 Å². The molecule has 3 atom stereocenters. The van der Waals surface area contributed by atoms with Crippen molar-refractivity contribution in [3.63, 3.8) is 0 Å². The van der Waals surface area contributed by atoms with E-state index in [2.05, 4.69) is 17.4 Å². The highest BCUT2D eigenvalue weighted by atomic mass is 35.5. The van der Waals surface area contributed by atoms with Gasteiger partial charge in [0.1, 0.15) is 6.04 Å². The number of aliphatic carboxylic acids is 1. The van der Waals surface area contributed by atoms with E-state index in [-0.39, 0.29) is 23.9 Å². The normalized spacial score (nSPS) is 32.2. The number of nitrogens with one attached hydrogen (secondary N) is 1. The second-order valence-corrected chi connectivity index (χ2v) is 6.02. The smallest absolute Gasteiger partial charge is 0.321 e. The lowest BCUT2D eigenvalue weighted by atomic mass is 9.62. The van der Waals surface area contributed by atoms with E-state index in [1.165, 1.54) is 18.4 Å². The van der Waals surface area contributed by atoms with E-state index < -0.39 is 5.97 Å². The predicted octanol–water partition coefficient (Wildman–Crippen LogP) is 2.88. The van der Waals surface area contributed by atoms with Crippen molar-refractivity contribution in [3.05, 3.63) is 35.9 Å². The Kier molecular flexibility index (Phi) is 4.71. The van der Waals surface area contributed by atoms with Gasteiger partial charge in [0.15, 0.2) is 0 Å². The van der Waals surface area contributed by atoms with Crippen LogP contribution in [0.4, 0.5) is 0 Å². The fraction of sp³-hybridized carbons (Fsp3) is 0.562.